The first-order chi connectivity index (χ1) is 4.41. The van der Waals surface area contributed by atoms with Crippen LogP contribution in [0.25, 0.3) is 0 Å². The fourth-order valence-electron chi connectivity index (χ4n) is 0.435. The van der Waals surface area contributed by atoms with E-state index in [1.54, 1.807) is 0 Å². The van der Waals surface area contributed by atoms with E-state index in [2.05, 4.69) is 12.2 Å². The van der Waals surface area contributed by atoms with Gasteiger partial charge in [0.2, 0.25) is 0 Å². The van der Waals surface area contributed by atoms with E-state index in [1.807, 2.05) is 19.2 Å². The number of nitrogens with one attached hydrogen (secondary N) is 1. The van der Waals surface area contributed by atoms with E-state index in [-0.39, 0.29) is 0 Å². The van der Waals surface area contributed by atoms with Gasteiger partial charge in [-0.15, -0.1) is 0 Å². The summed E-state index contributed by atoms with van der Waals surface area (Å²) in [6.45, 7) is 6.52. The lowest BCUT2D eigenvalue weighted by molar-refractivity contribution is 0.177. The molecule has 0 aromatic carbocycles. The molecule has 0 bridgehead atoms. The second-order valence-electron chi connectivity index (χ2n) is 1.62. The van der Waals surface area contributed by atoms with Crippen LogP contribution in [-0.4, -0.2) is 19.8 Å². The Kier molecular flexibility index (Phi) is 7.08. The van der Waals surface area contributed by atoms with Crippen molar-refractivity contribution in [1.82, 2.24) is 5.32 Å². The molecule has 2 nitrogen and oxygen atoms in total. The van der Waals surface area contributed by atoms with Gasteiger partial charge in [-0.2, -0.15) is 0 Å². The van der Waals surface area contributed by atoms with Crippen molar-refractivity contribution in [1.29, 1.82) is 0 Å². The van der Waals surface area contributed by atoms with Gasteiger partial charge in [0.05, 0.1) is 6.61 Å². The average Bonchev–Trinajstić information content (AvgIpc) is 1.89. The normalized spacial score (nSPS) is 10.4. The molecule has 1 N–H and O–H groups in total. The van der Waals surface area contributed by atoms with Crippen molar-refractivity contribution >= 4 is 0 Å². The molecule has 9 heavy (non-hydrogen) atoms. The highest BCUT2D eigenvalue weighted by Crippen LogP contribution is 1.73. The Labute approximate surface area is 56.9 Å². The molecule has 0 aliphatic rings. The quantitative estimate of drug-likeness (QED) is 0.562. The van der Waals surface area contributed by atoms with Crippen LogP contribution in [0.5, 0.6) is 0 Å². The Balaban J connectivity index is 2.86. The molecule has 0 aliphatic heterocycles. The first-order valence-corrected chi connectivity index (χ1v) is 3.38. The molecule has 0 saturated carbocycles. The molecule has 0 rings (SSSR count). The van der Waals surface area contributed by atoms with Gasteiger partial charge in [-0.1, -0.05) is 0 Å². The molecule has 0 atom stereocenters. The number of hydrogen-bond acceptors (Lipinski definition) is 2. The largest absolute Gasteiger partial charge is 0.391 e. The molecule has 0 saturated heterocycles. The van der Waals surface area contributed by atoms with Crippen molar-refractivity contribution in [3.8, 4) is 0 Å². The number of hydrogen-bond donors (Lipinski definition) is 1. The maximum atomic E-state index is 5.05. The van der Waals surface area contributed by atoms with E-state index in [9.17, 15) is 0 Å². The van der Waals surface area contributed by atoms with Gasteiger partial charge in [0.25, 0.3) is 0 Å². The Morgan fingerprint density at radius 3 is 2.78 bits per heavy atom. The third kappa shape index (κ3) is 7.50. The lowest BCUT2D eigenvalue weighted by Crippen LogP contribution is -2.02. The van der Waals surface area contributed by atoms with Gasteiger partial charge in [-0.05, 0) is 26.1 Å². The van der Waals surface area contributed by atoms with Crippen LogP contribution in [0.2, 0.25) is 0 Å². The summed E-state index contributed by atoms with van der Waals surface area (Å²) in [5.74, 6) is 0. The second-order valence-corrected chi connectivity index (χ2v) is 1.62. The van der Waals surface area contributed by atoms with Gasteiger partial charge in [0, 0.05) is 13.2 Å². The summed E-state index contributed by atoms with van der Waals surface area (Å²) in [6, 6.07) is 0. The van der Waals surface area contributed by atoms with Crippen molar-refractivity contribution in [3.05, 3.63) is 12.3 Å². The first-order valence-electron chi connectivity index (χ1n) is 3.38. The van der Waals surface area contributed by atoms with Gasteiger partial charge in [-0.3, -0.25) is 0 Å². The fraction of sp³-hybridized carbons (Fsp3) is 0.714. The Morgan fingerprint density at radius 1 is 1.44 bits per heavy atom. The van der Waals surface area contributed by atoms with Crippen molar-refractivity contribution in [3.63, 3.8) is 0 Å². The van der Waals surface area contributed by atoms with Crippen LogP contribution in [0.3, 0.4) is 0 Å². The molecule has 0 aromatic heterocycles. The lowest BCUT2D eigenvalue weighted by Gasteiger charge is -1.93. The van der Waals surface area contributed by atoms with E-state index < -0.39 is 0 Å². The van der Waals surface area contributed by atoms with Crippen molar-refractivity contribution in [2.75, 3.05) is 19.8 Å². The van der Waals surface area contributed by atoms with Gasteiger partial charge >= 0.3 is 0 Å². The summed E-state index contributed by atoms with van der Waals surface area (Å²) in [6.07, 6.45) is 3.88. The topological polar surface area (TPSA) is 21.3 Å². The maximum absolute atomic E-state index is 5.05. The highest BCUT2D eigenvalue weighted by molar-refractivity contribution is 4.77. The number of rotatable bonds is 5. The predicted molar refractivity (Wildman–Crippen MR) is 39.3 cm³/mol. The minimum Gasteiger partial charge on any atom is -0.391 e. The van der Waals surface area contributed by atoms with Crippen LogP contribution in [-0.2, 0) is 4.74 Å². The summed E-state index contributed by atoms with van der Waals surface area (Å²) in [5, 5.41) is 3.05. The molecule has 0 aromatic rings. The van der Waals surface area contributed by atoms with E-state index in [0.29, 0.717) is 6.61 Å². The van der Waals surface area contributed by atoms with E-state index in [4.69, 9.17) is 4.74 Å². The van der Waals surface area contributed by atoms with Gasteiger partial charge < -0.3 is 10.1 Å². The summed E-state index contributed by atoms with van der Waals surface area (Å²) in [4.78, 5) is 0. The van der Waals surface area contributed by atoms with Gasteiger partial charge in [0.15, 0.2) is 0 Å². The molecule has 0 unspecified atom stereocenters. The van der Waals surface area contributed by atoms with Crippen molar-refractivity contribution < 1.29 is 4.74 Å². The first kappa shape index (κ1) is 8.50. The second kappa shape index (κ2) is 7.50. The van der Waals surface area contributed by atoms with Crippen LogP contribution in [0.15, 0.2) is 12.3 Å². The minimum absolute atomic E-state index is 0.712. The Morgan fingerprint density at radius 2 is 2.22 bits per heavy atom. The molecule has 0 spiro atoms. The molecule has 0 aliphatic carbocycles. The zero-order chi connectivity index (χ0) is 6.95. The summed E-state index contributed by atoms with van der Waals surface area (Å²) in [7, 11) is 0. The van der Waals surface area contributed by atoms with E-state index >= 15 is 0 Å². The predicted octanol–water partition coefficient (Wildman–Crippen LogP) is 1.15. The molecule has 2 heteroatoms. The van der Waals surface area contributed by atoms with Crippen LogP contribution < -0.4 is 5.32 Å². The lowest BCUT2D eigenvalue weighted by atomic mass is 10.6. The van der Waals surface area contributed by atoms with Crippen LogP contribution in [0.1, 0.15) is 13.8 Å². The van der Waals surface area contributed by atoms with Crippen LogP contribution in [0, 0.1) is 0 Å². The zero-order valence-electron chi connectivity index (χ0n) is 6.18. The third-order valence-electron chi connectivity index (χ3n) is 0.858. The van der Waals surface area contributed by atoms with Crippen molar-refractivity contribution in [2.24, 2.45) is 0 Å². The molecule has 54 valence electrons. The standard InChI is InChI=1S/C7H15NO/c1-3-8-6-5-7-9-4-2/h5-6,8H,3-4,7H2,1-2H3. The molecular weight excluding hydrogens is 114 g/mol. The number of ether oxygens (including phenoxy) is 1. The Hall–Kier alpha value is -0.500. The summed E-state index contributed by atoms with van der Waals surface area (Å²) >= 11 is 0. The molecular formula is C7H15NO. The van der Waals surface area contributed by atoms with E-state index in [1.165, 1.54) is 0 Å². The maximum Gasteiger partial charge on any atom is 0.0664 e. The summed E-state index contributed by atoms with van der Waals surface area (Å²) < 4.78 is 5.05. The molecule has 0 fully saturated rings. The average molecular weight is 129 g/mol. The third-order valence-corrected chi connectivity index (χ3v) is 0.858. The smallest absolute Gasteiger partial charge is 0.0664 e. The summed E-state index contributed by atoms with van der Waals surface area (Å²) in [5.41, 5.74) is 0. The van der Waals surface area contributed by atoms with Crippen molar-refractivity contribution in [2.45, 2.75) is 13.8 Å². The molecule has 0 amide bonds. The van der Waals surface area contributed by atoms with Crippen LogP contribution in [0.4, 0.5) is 0 Å². The minimum atomic E-state index is 0.712. The molecule has 0 radical (unpaired) electrons. The van der Waals surface area contributed by atoms with Crippen LogP contribution >= 0.6 is 0 Å². The van der Waals surface area contributed by atoms with Gasteiger partial charge in [-0.25, -0.2) is 0 Å². The zero-order valence-corrected chi connectivity index (χ0v) is 6.18. The highest BCUT2D eigenvalue weighted by Gasteiger charge is 1.73. The van der Waals surface area contributed by atoms with Gasteiger partial charge in [0.1, 0.15) is 0 Å². The molecule has 0 heterocycles. The SMILES string of the molecule is CCNC=CCOCC. The highest BCUT2D eigenvalue weighted by atomic mass is 16.5. The Bertz CT molecular complexity index is 71.3. The van der Waals surface area contributed by atoms with E-state index in [0.717, 1.165) is 13.2 Å². The monoisotopic (exact) mass is 129 g/mol. The fourth-order valence-corrected chi connectivity index (χ4v) is 0.435.